The number of unbranched alkanes of at least 4 members (excludes halogenated alkanes) is 5. The number of ether oxygens (including phenoxy) is 2. The largest absolute Gasteiger partial charge is 0.458 e. The average Bonchev–Trinajstić information content (AvgIpc) is 3.12. The summed E-state index contributed by atoms with van der Waals surface area (Å²) in [5.74, 6) is -0.425. The Hall–Kier alpha value is -2.82. The van der Waals surface area contributed by atoms with E-state index in [1.165, 1.54) is 30.4 Å². The second-order valence-corrected chi connectivity index (χ2v) is 10.1. The number of rotatable bonds is 11. The molecule has 34 heavy (non-hydrogen) atoms. The highest BCUT2D eigenvalue weighted by Gasteiger charge is 2.30. The number of amides is 1. The molecule has 1 N–H and O–H groups in total. The van der Waals surface area contributed by atoms with Crippen LogP contribution in [0.3, 0.4) is 0 Å². The number of carbonyl (C=O) groups excluding carboxylic acids is 2. The molecule has 2 aromatic carbocycles. The van der Waals surface area contributed by atoms with E-state index in [2.05, 4.69) is 36.5 Å². The van der Waals surface area contributed by atoms with Crippen LogP contribution in [0.15, 0.2) is 48.5 Å². The maximum atomic E-state index is 12.8. The Morgan fingerprint density at radius 1 is 0.882 bits per heavy atom. The summed E-state index contributed by atoms with van der Waals surface area (Å²) < 4.78 is 11.2. The fourth-order valence-electron chi connectivity index (χ4n) is 4.53. The van der Waals surface area contributed by atoms with Crippen LogP contribution in [0.5, 0.6) is 0 Å². The molecule has 0 heterocycles. The molecule has 0 bridgehead atoms. The van der Waals surface area contributed by atoms with Crippen LogP contribution in [-0.2, 0) is 14.3 Å². The second kappa shape index (κ2) is 12.0. The van der Waals surface area contributed by atoms with Crippen LogP contribution in [-0.4, -0.2) is 30.3 Å². The summed E-state index contributed by atoms with van der Waals surface area (Å²) in [7, 11) is 0. The number of hydrogen-bond acceptors (Lipinski definition) is 4. The molecule has 0 aliphatic heterocycles. The summed E-state index contributed by atoms with van der Waals surface area (Å²) in [6.07, 6.45) is 6.63. The van der Waals surface area contributed by atoms with Crippen LogP contribution in [0.4, 0.5) is 4.79 Å². The SMILES string of the molecule is CCCCCCCC[C@H](NC(=O)OCC1c2ccccc2-c2ccccc21)C(=O)OC(C)(C)C. The normalized spacial score (nSPS) is 13.6. The van der Waals surface area contributed by atoms with Gasteiger partial charge in [-0.2, -0.15) is 0 Å². The fourth-order valence-corrected chi connectivity index (χ4v) is 4.53. The zero-order chi connectivity index (χ0) is 24.6. The lowest BCUT2D eigenvalue weighted by Crippen LogP contribution is -2.44. The molecule has 0 radical (unpaired) electrons. The van der Waals surface area contributed by atoms with Gasteiger partial charge in [0.2, 0.25) is 0 Å². The van der Waals surface area contributed by atoms with Crippen molar-refractivity contribution in [2.45, 2.75) is 90.2 Å². The molecule has 1 amide bonds. The van der Waals surface area contributed by atoms with Gasteiger partial charge in [0.25, 0.3) is 0 Å². The lowest BCUT2D eigenvalue weighted by Gasteiger charge is -2.24. The van der Waals surface area contributed by atoms with E-state index in [4.69, 9.17) is 9.47 Å². The zero-order valence-electron chi connectivity index (χ0n) is 21.1. The first-order valence-electron chi connectivity index (χ1n) is 12.6. The van der Waals surface area contributed by atoms with Gasteiger partial charge >= 0.3 is 12.1 Å². The van der Waals surface area contributed by atoms with Crippen molar-refractivity contribution in [1.82, 2.24) is 5.32 Å². The van der Waals surface area contributed by atoms with Gasteiger partial charge in [0.05, 0.1) is 0 Å². The van der Waals surface area contributed by atoms with Crippen molar-refractivity contribution in [3.63, 3.8) is 0 Å². The Morgan fingerprint density at radius 3 is 2.03 bits per heavy atom. The van der Waals surface area contributed by atoms with Crippen LogP contribution >= 0.6 is 0 Å². The van der Waals surface area contributed by atoms with Gasteiger partial charge in [0.1, 0.15) is 18.2 Å². The Balaban J connectivity index is 1.59. The lowest BCUT2D eigenvalue weighted by atomic mass is 9.98. The number of benzene rings is 2. The summed E-state index contributed by atoms with van der Waals surface area (Å²) >= 11 is 0. The van der Waals surface area contributed by atoms with Crippen molar-refractivity contribution < 1.29 is 19.1 Å². The van der Waals surface area contributed by atoms with Gasteiger partial charge < -0.3 is 14.8 Å². The number of carbonyl (C=O) groups is 2. The smallest absolute Gasteiger partial charge is 0.407 e. The molecular formula is C29H39NO4. The van der Waals surface area contributed by atoms with Crippen molar-refractivity contribution in [1.29, 1.82) is 0 Å². The van der Waals surface area contributed by atoms with Gasteiger partial charge in [-0.3, -0.25) is 0 Å². The van der Waals surface area contributed by atoms with E-state index in [-0.39, 0.29) is 12.5 Å². The molecule has 1 atom stereocenters. The number of esters is 1. The predicted octanol–water partition coefficient (Wildman–Crippen LogP) is 6.99. The Bertz CT molecular complexity index is 917. The molecule has 1 aliphatic rings. The standard InChI is InChI=1S/C29H39NO4/c1-5-6-7-8-9-10-19-26(27(31)34-29(2,3)4)30-28(32)33-20-25-23-17-13-11-15-21(23)22-16-12-14-18-24(22)25/h11-18,25-26H,5-10,19-20H2,1-4H3,(H,30,32)/t26-/m0/s1. The monoisotopic (exact) mass is 465 g/mol. The molecule has 0 saturated carbocycles. The quantitative estimate of drug-likeness (QED) is 0.287. The third-order valence-corrected chi connectivity index (χ3v) is 6.17. The number of alkyl carbamates (subject to hydrolysis) is 1. The molecule has 1 aliphatic carbocycles. The highest BCUT2D eigenvalue weighted by atomic mass is 16.6. The van der Waals surface area contributed by atoms with Crippen LogP contribution in [0.2, 0.25) is 0 Å². The molecule has 3 rings (SSSR count). The van der Waals surface area contributed by atoms with E-state index in [1.54, 1.807) is 0 Å². The Kier molecular flexibility index (Phi) is 9.14. The van der Waals surface area contributed by atoms with E-state index >= 15 is 0 Å². The van der Waals surface area contributed by atoms with Gasteiger partial charge in [-0.05, 0) is 49.4 Å². The summed E-state index contributed by atoms with van der Waals surface area (Å²) in [5.41, 5.74) is 4.07. The molecule has 5 nitrogen and oxygen atoms in total. The van der Waals surface area contributed by atoms with Gasteiger partial charge in [-0.25, -0.2) is 9.59 Å². The van der Waals surface area contributed by atoms with Crippen molar-refractivity contribution in [2.24, 2.45) is 0 Å². The minimum atomic E-state index is -0.707. The first kappa shape index (κ1) is 25.8. The number of fused-ring (bicyclic) bond motifs is 3. The minimum Gasteiger partial charge on any atom is -0.458 e. The predicted molar refractivity (Wildman–Crippen MR) is 136 cm³/mol. The maximum Gasteiger partial charge on any atom is 0.407 e. The van der Waals surface area contributed by atoms with Crippen molar-refractivity contribution in [3.8, 4) is 11.1 Å². The first-order chi connectivity index (χ1) is 16.3. The third kappa shape index (κ3) is 7.09. The third-order valence-electron chi connectivity index (χ3n) is 6.17. The van der Waals surface area contributed by atoms with Crippen LogP contribution in [0, 0.1) is 0 Å². The van der Waals surface area contributed by atoms with E-state index in [0.29, 0.717) is 6.42 Å². The summed E-state index contributed by atoms with van der Waals surface area (Å²) in [5, 5.41) is 2.78. The van der Waals surface area contributed by atoms with Crippen molar-refractivity contribution in [2.75, 3.05) is 6.61 Å². The molecular weight excluding hydrogens is 426 g/mol. The minimum absolute atomic E-state index is 0.0170. The van der Waals surface area contributed by atoms with Crippen molar-refractivity contribution in [3.05, 3.63) is 59.7 Å². The average molecular weight is 466 g/mol. The maximum absolute atomic E-state index is 12.8. The molecule has 5 heteroatoms. The fraction of sp³-hybridized carbons (Fsp3) is 0.517. The van der Waals surface area contributed by atoms with Gasteiger partial charge in [-0.15, -0.1) is 0 Å². The Labute approximate surface area is 204 Å². The molecule has 184 valence electrons. The molecule has 0 spiro atoms. The molecule has 0 aromatic heterocycles. The number of nitrogens with one attached hydrogen (secondary N) is 1. The van der Waals surface area contributed by atoms with Gasteiger partial charge in [0.15, 0.2) is 0 Å². The first-order valence-corrected chi connectivity index (χ1v) is 12.6. The summed E-state index contributed by atoms with van der Waals surface area (Å²) in [6.45, 7) is 7.91. The van der Waals surface area contributed by atoms with Gasteiger partial charge in [0, 0.05) is 5.92 Å². The molecule has 2 aromatic rings. The molecule has 0 unspecified atom stereocenters. The zero-order valence-corrected chi connectivity index (χ0v) is 21.1. The van der Waals surface area contributed by atoms with E-state index < -0.39 is 23.7 Å². The summed E-state index contributed by atoms with van der Waals surface area (Å²) in [6, 6.07) is 15.8. The van der Waals surface area contributed by atoms with Crippen LogP contribution in [0.25, 0.3) is 11.1 Å². The van der Waals surface area contributed by atoms with Crippen LogP contribution < -0.4 is 5.32 Å². The van der Waals surface area contributed by atoms with Crippen LogP contribution in [0.1, 0.15) is 89.7 Å². The number of hydrogen-bond donors (Lipinski definition) is 1. The van der Waals surface area contributed by atoms with E-state index in [1.807, 2.05) is 45.0 Å². The van der Waals surface area contributed by atoms with E-state index in [0.717, 1.165) is 30.4 Å². The summed E-state index contributed by atoms with van der Waals surface area (Å²) in [4.78, 5) is 25.5. The van der Waals surface area contributed by atoms with E-state index in [9.17, 15) is 9.59 Å². The Morgan fingerprint density at radius 2 is 1.44 bits per heavy atom. The lowest BCUT2D eigenvalue weighted by molar-refractivity contribution is -0.157. The highest BCUT2D eigenvalue weighted by Crippen LogP contribution is 2.44. The van der Waals surface area contributed by atoms with Crippen molar-refractivity contribution >= 4 is 12.1 Å². The highest BCUT2D eigenvalue weighted by molar-refractivity contribution is 5.82. The second-order valence-electron chi connectivity index (χ2n) is 10.1. The topological polar surface area (TPSA) is 64.6 Å². The van der Waals surface area contributed by atoms with Gasteiger partial charge in [-0.1, -0.05) is 94.0 Å². The molecule has 0 saturated heterocycles. The molecule has 0 fully saturated rings.